The second-order valence-corrected chi connectivity index (χ2v) is 6.93. The van der Waals surface area contributed by atoms with Crippen molar-refractivity contribution in [1.82, 2.24) is 9.88 Å². The van der Waals surface area contributed by atoms with Crippen molar-refractivity contribution in [1.29, 1.82) is 0 Å². The summed E-state index contributed by atoms with van der Waals surface area (Å²) in [7, 11) is 0. The monoisotopic (exact) mass is 345 g/mol. The summed E-state index contributed by atoms with van der Waals surface area (Å²) in [5, 5.41) is 2.76. The van der Waals surface area contributed by atoms with Crippen LogP contribution in [0.25, 0.3) is 0 Å². The maximum atomic E-state index is 12.1. The van der Waals surface area contributed by atoms with E-state index >= 15 is 0 Å². The summed E-state index contributed by atoms with van der Waals surface area (Å²) in [5.41, 5.74) is 1.84. The fourth-order valence-electron chi connectivity index (χ4n) is 2.90. The molecule has 0 saturated carbocycles. The Hall–Kier alpha value is -1.76. The first-order valence-electron chi connectivity index (χ1n) is 8.22. The van der Waals surface area contributed by atoms with Gasteiger partial charge in [-0.1, -0.05) is 18.2 Å². The van der Waals surface area contributed by atoms with Gasteiger partial charge in [0.05, 0.1) is 24.1 Å². The van der Waals surface area contributed by atoms with Gasteiger partial charge >= 0.3 is 0 Å². The number of nitrogens with zero attached hydrogens (tertiary/aromatic N) is 3. The highest BCUT2D eigenvalue weighted by Crippen LogP contribution is 2.29. The minimum absolute atomic E-state index is 0.0320. The smallest absolute Gasteiger partial charge is 0.230 e. The summed E-state index contributed by atoms with van der Waals surface area (Å²) in [6.07, 6.45) is 0.231. The number of ether oxygens (including phenoxy) is 1. The minimum atomic E-state index is -0.0320. The van der Waals surface area contributed by atoms with Gasteiger partial charge in [0.15, 0.2) is 5.13 Å². The van der Waals surface area contributed by atoms with E-state index in [9.17, 15) is 4.79 Å². The number of hydrogen-bond acceptors (Lipinski definition) is 5. The summed E-state index contributed by atoms with van der Waals surface area (Å²) in [6, 6.07) is 10.0. The molecule has 1 saturated heterocycles. The number of hydrogen-bond donors (Lipinski definition) is 0. The Labute approximate surface area is 146 Å². The zero-order chi connectivity index (χ0) is 17.1. The first-order chi connectivity index (χ1) is 11.6. The van der Waals surface area contributed by atoms with Crippen LogP contribution in [0.1, 0.15) is 26.5 Å². The van der Waals surface area contributed by atoms with E-state index < -0.39 is 0 Å². The third kappa shape index (κ3) is 3.66. The van der Waals surface area contributed by atoms with E-state index in [0.29, 0.717) is 6.04 Å². The zero-order valence-corrected chi connectivity index (χ0v) is 15.1. The van der Waals surface area contributed by atoms with Crippen molar-refractivity contribution in [3.63, 3.8) is 0 Å². The minimum Gasteiger partial charge on any atom is -0.376 e. The number of anilines is 2. The molecule has 2 heterocycles. The van der Waals surface area contributed by atoms with E-state index in [1.807, 2.05) is 35.7 Å². The van der Waals surface area contributed by atoms with Crippen molar-refractivity contribution in [2.75, 3.05) is 18.1 Å². The molecule has 24 heavy (non-hydrogen) atoms. The number of morpholine rings is 1. The van der Waals surface area contributed by atoms with Crippen LogP contribution in [0.5, 0.6) is 0 Å². The van der Waals surface area contributed by atoms with Gasteiger partial charge in [-0.25, -0.2) is 4.98 Å². The Balaban J connectivity index is 1.78. The summed E-state index contributed by atoms with van der Waals surface area (Å²) in [4.78, 5) is 20.9. The number of para-hydroxylation sites is 1. The lowest BCUT2D eigenvalue weighted by molar-refractivity contribution is -0.115. The molecular weight excluding hydrogens is 322 g/mol. The van der Waals surface area contributed by atoms with Crippen LogP contribution < -0.4 is 4.90 Å². The van der Waals surface area contributed by atoms with Crippen LogP contribution in [0.3, 0.4) is 0 Å². The first-order valence-corrected chi connectivity index (χ1v) is 9.10. The standard InChI is InChI=1S/C18H23N3O2S/c1-13-14(2)23-10-9-20(13)11-16-12-24-18(19-16)21(15(3)22)17-7-5-4-6-8-17/h4-8,12-14H,9-11H2,1-3H3/t13-,14+/m0/s1. The van der Waals surface area contributed by atoms with E-state index in [0.717, 1.165) is 36.2 Å². The third-order valence-electron chi connectivity index (χ3n) is 4.44. The van der Waals surface area contributed by atoms with Gasteiger partial charge in [-0.15, -0.1) is 11.3 Å². The average molecular weight is 345 g/mol. The quantitative estimate of drug-likeness (QED) is 0.852. The SMILES string of the molecule is CC(=O)N(c1ccccc1)c1nc(CN2CCO[C@H](C)[C@@H]2C)cs1. The zero-order valence-electron chi connectivity index (χ0n) is 14.3. The predicted octanol–water partition coefficient (Wildman–Crippen LogP) is 3.44. The normalized spacial score (nSPS) is 21.6. The van der Waals surface area contributed by atoms with E-state index in [1.165, 1.54) is 11.3 Å². The molecule has 5 nitrogen and oxygen atoms in total. The maximum Gasteiger partial charge on any atom is 0.230 e. The average Bonchev–Trinajstić information content (AvgIpc) is 3.01. The molecule has 2 aromatic rings. The highest BCUT2D eigenvalue weighted by Gasteiger charge is 2.26. The van der Waals surface area contributed by atoms with Crippen LogP contribution >= 0.6 is 11.3 Å². The second kappa shape index (κ2) is 7.42. The molecule has 6 heteroatoms. The van der Waals surface area contributed by atoms with Crippen molar-refractivity contribution >= 4 is 28.1 Å². The molecule has 1 aromatic carbocycles. The van der Waals surface area contributed by atoms with Crippen LogP contribution in [-0.2, 0) is 16.1 Å². The molecular formula is C18H23N3O2S. The number of benzene rings is 1. The fourth-order valence-corrected chi connectivity index (χ4v) is 3.78. The predicted molar refractivity (Wildman–Crippen MR) is 96.7 cm³/mol. The first kappa shape index (κ1) is 17.1. The number of rotatable bonds is 4. The summed E-state index contributed by atoms with van der Waals surface area (Å²) >= 11 is 1.51. The van der Waals surface area contributed by atoms with Crippen LogP contribution in [0.2, 0.25) is 0 Å². The van der Waals surface area contributed by atoms with Crippen molar-refractivity contribution in [2.45, 2.75) is 39.5 Å². The highest BCUT2D eigenvalue weighted by atomic mass is 32.1. The van der Waals surface area contributed by atoms with Gasteiger partial charge in [-0.2, -0.15) is 0 Å². The van der Waals surface area contributed by atoms with Gasteiger partial charge in [-0.05, 0) is 26.0 Å². The Morgan fingerprint density at radius 2 is 2.12 bits per heavy atom. The lowest BCUT2D eigenvalue weighted by Crippen LogP contribution is -2.47. The molecule has 1 fully saturated rings. The fraction of sp³-hybridized carbons (Fsp3) is 0.444. The molecule has 0 unspecified atom stereocenters. The number of carbonyl (C=O) groups excluding carboxylic acids is 1. The molecule has 0 aliphatic carbocycles. The van der Waals surface area contributed by atoms with Gasteiger partial charge in [0.1, 0.15) is 0 Å². The molecule has 1 aliphatic heterocycles. The molecule has 0 radical (unpaired) electrons. The Morgan fingerprint density at radius 3 is 2.83 bits per heavy atom. The lowest BCUT2D eigenvalue weighted by atomic mass is 10.1. The van der Waals surface area contributed by atoms with E-state index in [4.69, 9.17) is 9.72 Å². The van der Waals surface area contributed by atoms with Crippen molar-refractivity contribution < 1.29 is 9.53 Å². The molecule has 1 aliphatic rings. The van der Waals surface area contributed by atoms with Gasteiger partial charge in [-0.3, -0.25) is 14.6 Å². The van der Waals surface area contributed by atoms with Gasteiger partial charge < -0.3 is 4.74 Å². The number of amides is 1. The maximum absolute atomic E-state index is 12.1. The summed E-state index contributed by atoms with van der Waals surface area (Å²) < 4.78 is 5.68. The topological polar surface area (TPSA) is 45.7 Å². The van der Waals surface area contributed by atoms with Gasteiger partial charge in [0.2, 0.25) is 5.91 Å². The summed E-state index contributed by atoms with van der Waals surface area (Å²) in [5.74, 6) is -0.0320. The van der Waals surface area contributed by atoms with Gasteiger partial charge in [0.25, 0.3) is 0 Å². The largest absolute Gasteiger partial charge is 0.376 e. The Kier molecular flexibility index (Phi) is 5.28. The third-order valence-corrected chi connectivity index (χ3v) is 5.31. The molecule has 3 rings (SSSR count). The number of aromatic nitrogens is 1. The highest BCUT2D eigenvalue weighted by molar-refractivity contribution is 7.14. The van der Waals surface area contributed by atoms with Crippen LogP contribution in [0.4, 0.5) is 10.8 Å². The number of thiazole rings is 1. The lowest BCUT2D eigenvalue weighted by Gasteiger charge is -2.37. The van der Waals surface area contributed by atoms with Crippen LogP contribution in [0, 0.1) is 0 Å². The summed E-state index contributed by atoms with van der Waals surface area (Å²) in [6.45, 7) is 8.31. The molecule has 128 valence electrons. The van der Waals surface area contributed by atoms with E-state index in [2.05, 4.69) is 18.7 Å². The second-order valence-electron chi connectivity index (χ2n) is 6.10. The molecule has 0 bridgehead atoms. The Morgan fingerprint density at radius 1 is 1.38 bits per heavy atom. The molecule has 1 amide bonds. The van der Waals surface area contributed by atoms with Crippen LogP contribution in [0.15, 0.2) is 35.7 Å². The van der Waals surface area contributed by atoms with E-state index in [-0.39, 0.29) is 12.0 Å². The number of carbonyl (C=O) groups is 1. The molecule has 1 aromatic heterocycles. The van der Waals surface area contributed by atoms with Crippen molar-refractivity contribution in [3.05, 3.63) is 41.4 Å². The molecule has 0 spiro atoms. The van der Waals surface area contributed by atoms with Crippen molar-refractivity contribution in [2.24, 2.45) is 0 Å². The van der Waals surface area contributed by atoms with Crippen molar-refractivity contribution in [3.8, 4) is 0 Å². The molecule has 2 atom stereocenters. The van der Waals surface area contributed by atoms with Crippen LogP contribution in [-0.4, -0.2) is 41.1 Å². The van der Waals surface area contributed by atoms with Gasteiger partial charge in [0, 0.05) is 31.4 Å². The molecule has 0 N–H and O–H groups in total. The van der Waals surface area contributed by atoms with E-state index in [1.54, 1.807) is 11.8 Å². The Bertz CT molecular complexity index is 689.